The van der Waals surface area contributed by atoms with E-state index in [1.165, 1.54) is 21.4 Å². The maximum Gasteiger partial charge on any atom is 0.255 e. The van der Waals surface area contributed by atoms with Gasteiger partial charge in [-0.25, -0.2) is 13.1 Å². The van der Waals surface area contributed by atoms with Gasteiger partial charge in [0.05, 0.1) is 23.8 Å². The third-order valence-corrected chi connectivity index (χ3v) is 7.36. The maximum atomic E-state index is 13.2. The molecule has 168 valence electrons. The third kappa shape index (κ3) is 4.40. The molecule has 0 spiro atoms. The van der Waals surface area contributed by atoms with Crippen molar-refractivity contribution in [1.82, 2.24) is 24.5 Å². The molecule has 1 aliphatic rings. The number of ether oxygens (including phenoxy) is 1. The number of carbonyl (C=O) groups is 1. The van der Waals surface area contributed by atoms with Crippen LogP contribution < -0.4 is 5.32 Å². The number of tetrazole rings is 1. The van der Waals surface area contributed by atoms with Gasteiger partial charge in [0.25, 0.3) is 5.91 Å². The van der Waals surface area contributed by atoms with Gasteiger partial charge in [-0.2, -0.15) is 4.31 Å². The van der Waals surface area contributed by atoms with Crippen molar-refractivity contribution in [1.29, 1.82) is 0 Å². The summed E-state index contributed by atoms with van der Waals surface area (Å²) in [7, 11) is -3.73. The van der Waals surface area contributed by atoms with Crippen molar-refractivity contribution in [3.63, 3.8) is 0 Å². The van der Waals surface area contributed by atoms with Crippen LogP contribution in [0, 0.1) is 6.92 Å². The van der Waals surface area contributed by atoms with Gasteiger partial charge in [-0.05, 0) is 59.2 Å². The Morgan fingerprint density at radius 1 is 1.16 bits per heavy atom. The first-order valence-corrected chi connectivity index (χ1v) is 11.7. The zero-order valence-corrected chi connectivity index (χ0v) is 18.7. The molecule has 1 aliphatic heterocycles. The molecular formula is C21H24N6O4S. The standard InChI is InChI=1S/C21H24N6O4S/c1-3-16-5-6-17(12-20(16)32(29,30)26-8-10-31-11-9-26)21(28)23-19-13-18(7-4-15(19)2)27-14-22-24-25-27/h4-7,12-14H,3,8-11H2,1-2H3,(H,23,28). The fourth-order valence-electron chi connectivity index (χ4n) is 3.52. The van der Waals surface area contributed by atoms with Crippen LogP contribution in [-0.4, -0.2) is 65.1 Å². The average Bonchev–Trinajstić information content (AvgIpc) is 3.35. The minimum absolute atomic E-state index is 0.161. The topological polar surface area (TPSA) is 119 Å². The molecule has 1 fully saturated rings. The van der Waals surface area contributed by atoms with Crippen molar-refractivity contribution < 1.29 is 17.9 Å². The summed E-state index contributed by atoms with van der Waals surface area (Å²) in [6, 6.07) is 10.3. The quantitative estimate of drug-likeness (QED) is 0.601. The molecule has 2 aromatic carbocycles. The second kappa shape index (κ2) is 9.15. The monoisotopic (exact) mass is 456 g/mol. The number of amides is 1. The van der Waals surface area contributed by atoms with E-state index in [1.807, 2.05) is 26.0 Å². The summed E-state index contributed by atoms with van der Waals surface area (Å²) < 4.78 is 34.7. The normalized spacial score (nSPS) is 14.9. The predicted molar refractivity (Wildman–Crippen MR) is 117 cm³/mol. The summed E-state index contributed by atoms with van der Waals surface area (Å²) in [6.07, 6.45) is 2.00. The molecule has 0 atom stereocenters. The Hall–Kier alpha value is -3.15. The first kappa shape index (κ1) is 22.1. The van der Waals surface area contributed by atoms with Crippen LogP contribution in [0.2, 0.25) is 0 Å². The summed E-state index contributed by atoms with van der Waals surface area (Å²) in [5.41, 5.74) is 3.06. The Kier molecular flexibility index (Phi) is 6.31. The maximum absolute atomic E-state index is 13.2. The molecule has 0 aliphatic carbocycles. The van der Waals surface area contributed by atoms with E-state index in [1.54, 1.807) is 18.2 Å². The van der Waals surface area contributed by atoms with Crippen LogP contribution in [0.4, 0.5) is 5.69 Å². The van der Waals surface area contributed by atoms with Crippen molar-refractivity contribution in [3.05, 3.63) is 59.4 Å². The lowest BCUT2D eigenvalue weighted by molar-refractivity contribution is 0.0730. The Bertz CT molecular complexity index is 1220. The van der Waals surface area contributed by atoms with Crippen molar-refractivity contribution in [2.75, 3.05) is 31.6 Å². The van der Waals surface area contributed by atoms with E-state index in [2.05, 4.69) is 20.8 Å². The number of benzene rings is 2. The highest BCUT2D eigenvalue weighted by molar-refractivity contribution is 7.89. The summed E-state index contributed by atoms with van der Waals surface area (Å²) >= 11 is 0. The molecule has 3 aromatic rings. The van der Waals surface area contributed by atoms with Crippen LogP contribution in [0.15, 0.2) is 47.6 Å². The minimum Gasteiger partial charge on any atom is -0.379 e. The number of aromatic nitrogens is 4. The number of nitrogens with zero attached hydrogens (tertiary/aromatic N) is 5. The Morgan fingerprint density at radius 3 is 2.62 bits per heavy atom. The number of nitrogens with one attached hydrogen (secondary N) is 1. The number of carbonyl (C=O) groups excluding carboxylic acids is 1. The second-order valence-electron chi connectivity index (χ2n) is 7.40. The third-order valence-electron chi connectivity index (χ3n) is 5.38. The van der Waals surface area contributed by atoms with E-state index in [9.17, 15) is 13.2 Å². The highest BCUT2D eigenvalue weighted by atomic mass is 32.2. The smallest absolute Gasteiger partial charge is 0.255 e. The molecule has 32 heavy (non-hydrogen) atoms. The van der Waals surface area contributed by atoms with E-state index in [4.69, 9.17) is 4.74 Å². The fraction of sp³-hybridized carbons (Fsp3) is 0.333. The number of sulfonamides is 1. The molecule has 1 N–H and O–H groups in total. The molecule has 10 nitrogen and oxygen atoms in total. The number of rotatable bonds is 6. The molecule has 4 rings (SSSR count). The van der Waals surface area contributed by atoms with Crippen molar-refractivity contribution in [2.45, 2.75) is 25.2 Å². The molecule has 0 unspecified atom stereocenters. The van der Waals surface area contributed by atoms with Gasteiger partial charge in [0.15, 0.2) is 0 Å². The number of hydrogen-bond donors (Lipinski definition) is 1. The summed E-state index contributed by atoms with van der Waals surface area (Å²) in [5, 5.41) is 14.0. The van der Waals surface area contributed by atoms with Crippen molar-refractivity contribution >= 4 is 21.6 Å². The highest BCUT2D eigenvalue weighted by Crippen LogP contribution is 2.25. The van der Waals surface area contributed by atoms with E-state index >= 15 is 0 Å². The van der Waals surface area contributed by atoms with Gasteiger partial charge in [0.1, 0.15) is 6.33 Å². The summed E-state index contributed by atoms with van der Waals surface area (Å²) in [4.78, 5) is 13.2. The summed E-state index contributed by atoms with van der Waals surface area (Å²) in [5.74, 6) is -0.400. The first-order chi connectivity index (χ1) is 15.4. The molecule has 0 bridgehead atoms. The Morgan fingerprint density at radius 2 is 1.94 bits per heavy atom. The number of morpholine rings is 1. The van der Waals surface area contributed by atoms with Gasteiger partial charge >= 0.3 is 0 Å². The van der Waals surface area contributed by atoms with Gasteiger partial charge in [0.2, 0.25) is 10.0 Å². The van der Waals surface area contributed by atoms with Gasteiger partial charge in [-0.3, -0.25) is 4.79 Å². The van der Waals surface area contributed by atoms with Crippen LogP contribution >= 0.6 is 0 Å². The van der Waals surface area contributed by atoms with Gasteiger partial charge in [-0.1, -0.05) is 19.1 Å². The Labute approximate surface area is 186 Å². The lowest BCUT2D eigenvalue weighted by Crippen LogP contribution is -2.41. The SMILES string of the molecule is CCc1ccc(C(=O)Nc2cc(-n3cnnn3)ccc2C)cc1S(=O)(=O)N1CCOCC1. The molecule has 0 radical (unpaired) electrons. The molecule has 2 heterocycles. The lowest BCUT2D eigenvalue weighted by atomic mass is 10.1. The van der Waals surface area contributed by atoms with E-state index in [0.29, 0.717) is 49.7 Å². The van der Waals surface area contributed by atoms with Crippen molar-refractivity contribution in [2.24, 2.45) is 0 Å². The Balaban J connectivity index is 1.64. The van der Waals surface area contributed by atoms with E-state index < -0.39 is 15.9 Å². The predicted octanol–water partition coefficient (Wildman–Crippen LogP) is 1.81. The molecule has 1 amide bonds. The molecular weight excluding hydrogens is 432 g/mol. The second-order valence-corrected chi connectivity index (χ2v) is 9.31. The lowest BCUT2D eigenvalue weighted by Gasteiger charge is -2.27. The van der Waals surface area contributed by atoms with Gasteiger partial charge in [-0.15, -0.1) is 5.10 Å². The van der Waals surface area contributed by atoms with Crippen LogP contribution in [0.5, 0.6) is 0 Å². The molecule has 1 aromatic heterocycles. The van der Waals surface area contributed by atoms with E-state index in [-0.39, 0.29) is 10.5 Å². The number of hydrogen-bond acceptors (Lipinski definition) is 7. The zero-order chi connectivity index (χ0) is 22.7. The molecule has 0 saturated carbocycles. The largest absolute Gasteiger partial charge is 0.379 e. The average molecular weight is 457 g/mol. The van der Waals surface area contributed by atoms with Gasteiger partial charge in [0, 0.05) is 24.3 Å². The van der Waals surface area contributed by atoms with Crippen molar-refractivity contribution in [3.8, 4) is 5.69 Å². The fourth-order valence-corrected chi connectivity index (χ4v) is 5.24. The van der Waals surface area contributed by atoms with Crippen LogP contribution in [0.1, 0.15) is 28.4 Å². The van der Waals surface area contributed by atoms with Crippen LogP contribution in [0.3, 0.4) is 0 Å². The van der Waals surface area contributed by atoms with E-state index in [0.717, 1.165) is 5.56 Å². The number of aryl methyl sites for hydroxylation is 2. The summed E-state index contributed by atoms with van der Waals surface area (Å²) in [6.45, 7) is 5.07. The van der Waals surface area contributed by atoms with Crippen LogP contribution in [0.25, 0.3) is 5.69 Å². The van der Waals surface area contributed by atoms with Gasteiger partial charge < -0.3 is 10.1 Å². The molecule has 1 saturated heterocycles. The molecule has 11 heteroatoms. The first-order valence-electron chi connectivity index (χ1n) is 10.3. The van der Waals surface area contributed by atoms with Crippen LogP contribution in [-0.2, 0) is 21.2 Å². The minimum atomic E-state index is -3.73. The highest BCUT2D eigenvalue weighted by Gasteiger charge is 2.29. The number of anilines is 1. The zero-order valence-electron chi connectivity index (χ0n) is 17.9.